The van der Waals surface area contributed by atoms with Gasteiger partial charge in [0.2, 0.25) is 0 Å². The first-order valence-electron chi connectivity index (χ1n) is 7.54. The zero-order chi connectivity index (χ0) is 16.2. The summed E-state index contributed by atoms with van der Waals surface area (Å²) in [5, 5.41) is 0.694. The van der Waals surface area contributed by atoms with E-state index in [1.165, 1.54) is 12.1 Å². The lowest BCUT2D eigenvalue weighted by molar-refractivity contribution is 0.0514. The van der Waals surface area contributed by atoms with Crippen molar-refractivity contribution in [3.8, 4) is 0 Å². The number of esters is 1. The first-order chi connectivity index (χ1) is 11.2. The number of nitrogens with zero attached hydrogens (tertiary/aromatic N) is 2. The van der Waals surface area contributed by atoms with Gasteiger partial charge in [-0.05, 0) is 49.2 Å². The maximum absolute atomic E-state index is 13.4. The third-order valence-electron chi connectivity index (χ3n) is 3.69. The van der Waals surface area contributed by atoms with E-state index < -0.39 is 5.97 Å². The molecule has 2 aromatic heterocycles. The van der Waals surface area contributed by atoms with Crippen LogP contribution in [0.2, 0.25) is 0 Å². The molecule has 5 heteroatoms. The highest BCUT2D eigenvalue weighted by atomic mass is 19.1. The van der Waals surface area contributed by atoms with Gasteiger partial charge in [-0.2, -0.15) is 0 Å². The molecule has 2 heterocycles. The maximum atomic E-state index is 13.4. The predicted octanol–water partition coefficient (Wildman–Crippen LogP) is 3.59. The van der Waals surface area contributed by atoms with Crippen LogP contribution in [0.25, 0.3) is 10.9 Å². The summed E-state index contributed by atoms with van der Waals surface area (Å²) in [5.74, 6) is -0.715. The predicted molar refractivity (Wildman–Crippen MR) is 85.8 cm³/mol. The Labute approximate surface area is 133 Å². The van der Waals surface area contributed by atoms with Crippen LogP contribution in [0.5, 0.6) is 0 Å². The summed E-state index contributed by atoms with van der Waals surface area (Å²) in [6, 6.07) is 10.1. The molecule has 1 aromatic carbocycles. The fourth-order valence-electron chi connectivity index (χ4n) is 2.64. The van der Waals surface area contributed by atoms with Gasteiger partial charge in [0.15, 0.2) is 0 Å². The second-order valence-corrected chi connectivity index (χ2v) is 5.22. The van der Waals surface area contributed by atoms with Crippen molar-refractivity contribution < 1.29 is 13.9 Å². The minimum Gasteiger partial charge on any atom is -0.461 e. The lowest BCUT2D eigenvalue weighted by Crippen LogP contribution is -2.13. The Kier molecular flexibility index (Phi) is 4.37. The number of fused-ring (bicyclic) bond motifs is 1. The van der Waals surface area contributed by atoms with Gasteiger partial charge in [0.25, 0.3) is 0 Å². The molecule has 0 fully saturated rings. The van der Waals surface area contributed by atoms with Gasteiger partial charge in [-0.1, -0.05) is 6.07 Å². The number of carbonyl (C=O) groups excluding carboxylic acids is 1. The number of aryl methyl sites for hydroxylation is 2. The lowest BCUT2D eigenvalue weighted by atomic mass is 10.2. The molecule has 0 saturated carbocycles. The zero-order valence-electron chi connectivity index (χ0n) is 12.8. The molecule has 0 N–H and O–H groups in total. The molecule has 0 atom stereocenters. The van der Waals surface area contributed by atoms with Gasteiger partial charge in [-0.25, -0.2) is 9.18 Å². The molecule has 3 rings (SSSR count). The van der Waals surface area contributed by atoms with Crippen molar-refractivity contribution in [2.75, 3.05) is 6.61 Å². The molecule has 118 valence electrons. The number of benzene rings is 1. The van der Waals surface area contributed by atoms with Gasteiger partial charge < -0.3 is 9.30 Å². The van der Waals surface area contributed by atoms with E-state index in [9.17, 15) is 9.18 Å². The largest absolute Gasteiger partial charge is 0.461 e. The van der Waals surface area contributed by atoms with E-state index in [0.717, 1.165) is 17.5 Å². The molecule has 0 aliphatic rings. The molecular formula is C18H17FN2O2. The Balaban J connectivity index is 1.98. The zero-order valence-corrected chi connectivity index (χ0v) is 12.8. The van der Waals surface area contributed by atoms with Gasteiger partial charge in [0, 0.05) is 29.8 Å². The topological polar surface area (TPSA) is 44.1 Å². The number of aromatic nitrogens is 2. The van der Waals surface area contributed by atoms with E-state index in [1.807, 2.05) is 16.7 Å². The van der Waals surface area contributed by atoms with Crippen LogP contribution in [0.1, 0.15) is 23.0 Å². The average molecular weight is 312 g/mol. The summed E-state index contributed by atoms with van der Waals surface area (Å²) in [6.45, 7) is 2.66. The van der Waals surface area contributed by atoms with Crippen LogP contribution < -0.4 is 0 Å². The van der Waals surface area contributed by atoms with E-state index in [0.29, 0.717) is 24.2 Å². The van der Waals surface area contributed by atoms with Crippen LogP contribution in [0, 0.1) is 5.82 Å². The van der Waals surface area contributed by atoms with Gasteiger partial charge in [-0.15, -0.1) is 0 Å². The summed E-state index contributed by atoms with van der Waals surface area (Å²) in [7, 11) is 0. The van der Waals surface area contributed by atoms with E-state index in [-0.39, 0.29) is 5.82 Å². The molecular weight excluding hydrogens is 295 g/mol. The summed E-state index contributed by atoms with van der Waals surface area (Å²) in [5.41, 5.74) is 2.33. The second kappa shape index (κ2) is 6.60. The van der Waals surface area contributed by atoms with Crippen molar-refractivity contribution in [1.29, 1.82) is 0 Å². The summed E-state index contributed by atoms with van der Waals surface area (Å²) >= 11 is 0. The Morgan fingerprint density at radius 3 is 2.91 bits per heavy atom. The van der Waals surface area contributed by atoms with Crippen LogP contribution in [0.15, 0.2) is 48.8 Å². The molecule has 0 aliphatic carbocycles. The first-order valence-corrected chi connectivity index (χ1v) is 7.54. The van der Waals surface area contributed by atoms with E-state index in [1.54, 1.807) is 31.5 Å². The summed E-state index contributed by atoms with van der Waals surface area (Å²) in [6.07, 6.45) is 4.25. The molecule has 0 amide bonds. The highest BCUT2D eigenvalue weighted by molar-refractivity contribution is 5.95. The van der Waals surface area contributed by atoms with Crippen molar-refractivity contribution >= 4 is 16.9 Å². The highest BCUT2D eigenvalue weighted by Crippen LogP contribution is 2.22. The number of hydrogen-bond donors (Lipinski definition) is 0. The van der Waals surface area contributed by atoms with Crippen molar-refractivity contribution in [2.45, 2.75) is 19.9 Å². The summed E-state index contributed by atoms with van der Waals surface area (Å²) in [4.78, 5) is 16.3. The third-order valence-corrected chi connectivity index (χ3v) is 3.69. The van der Waals surface area contributed by atoms with E-state index in [2.05, 4.69) is 4.98 Å². The molecule has 0 saturated heterocycles. The van der Waals surface area contributed by atoms with Crippen molar-refractivity contribution in [3.63, 3.8) is 0 Å². The molecule has 3 aromatic rings. The van der Waals surface area contributed by atoms with Crippen molar-refractivity contribution in [2.24, 2.45) is 0 Å². The quantitative estimate of drug-likeness (QED) is 0.676. The van der Waals surface area contributed by atoms with Gasteiger partial charge >= 0.3 is 5.97 Å². The number of ether oxygens (including phenoxy) is 1. The number of pyridine rings is 1. The minimum atomic E-state index is -0.393. The fraction of sp³-hybridized carbons (Fsp3) is 0.222. The highest BCUT2D eigenvalue weighted by Gasteiger charge is 2.17. The Hall–Kier alpha value is -2.69. The number of hydrogen-bond acceptors (Lipinski definition) is 3. The van der Waals surface area contributed by atoms with Crippen molar-refractivity contribution in [1.82, 2.24) is 9.55 Å². The lowest BCUT2D eigenvalue weighted by Gasteiger charge is -2.10. The Morgan fingerprint density at radius 2 is 2.17 bits per heavy atom. The van der Waals surface area contributed by atoms with Crippen LogP contribution >= 0.6 is 0 Å². The first kappa shape index (κ1) is 15.2. The minimum absolute atomic E-state index is 0.303. The molecule has 0 spiro atoms. The number of rotatable bonds is 5. The summed E-state index contributed by atoms with van der Waals surface area (Å²) < 4.78 is 20.4. The second-order valence-electron chi connectivity index (χ2n) is 5.22. The standard InChI is InChI=1S/C18H17FN2O2/c1-2-23-18(22)17-11-14-10-15(19)5-6-16(14)21(17)9-7-13-4-3-8-20-12-13/h3-6,8,10-12H,2,7,9H2,1H3. The van der Waals surface area contributed by atoms with Gasteiger partial charge in [0.1, 0.15) is 11.5 Å². The van der Waals surface area contributed by atoms with Crippen LogP contribution in [-0.2, 0) is 17.7 Å². The SMILES string of the molecule is CCOC(=O)c1cc2cc(F)ccc2n1CCc1cccnc1. The molecule has 4 nitrogen and oxygen atoms in total. The average Bonchev–Trinajstić information content (AvgIpc) is 2.92. The molecule has 23 heavy (non-hydrogen) atoms. The van der Waals surface area contributed by atoms with Gasteiger partial charge in [-0.3, -0.25) is 4.98 Å². The molecule has 0 radical (unpaired) electrons. The number of carbonyl (C=O) groups is 1. The molecule has 0 unspecified atom stereocenters. The normalized spacial score (nSPS) is 10.9. The maximum Gasteiger partial charge on any atom is 0.354 e. The molecule has 0 bridgehead atoms. The molecule has 0 aliphatic heterocycles. The van der Waals surface area contributed by atoms with Crippen LogP contribution in [0.3, 0.4) is 0 Å². The van der Waals surface area contributed by atoms with E-state index >= 15 is 0 Å². The van der Waals surface area contributed by atoms with Crippen LogP contribution in [0.4, 0.5) is 4.39 Å². The fourth-order valence-corrected chi connectivity index (χ4v) is 2.64. The van der Waals surface area contributed by atoms with Crippen LogP contribution in [-0.4, -0.2) is 22.1 Å². The number of halogens is 1. The van der Waals surface area contributed by atoms with Crippen molar-refractivity contribution in [3.05, 3.63) is 65.9 Å². The van der Waals surface area contributed by atoms with Gasteiger partial charge in [0.05, 0.1) is 6.61 Å². The monoisotopic (exact) mass is 312 g/mol. The Morgan fingerprint density at radius 1 is 1.30 bits per heavy atom. The Bertz CT molecular complexity index is 828. The smallest absolute Gasteiger partial charge is 0.354 e. The van der Waals surface area contributed by atoms with E-state index in [4.69, 9.17) is 4.74 Å². The third kappa shape index (κ3) is 3.23.